The van der Waals surface area contributed by atoms with E-state index in [0.29, 0.717) is 6.42 Å². The van der Waals surface area contributed by atoms with Crippen LogP contribution in [0.5, 0.6) is 0 Å². The number of ether oxygens (including phenoxy) is 1. The van der Waals surface area contributed by atoms with Crippen LogP contribution >= 0.6 is 0 Å². The SMILES string of the molecule is CC(C)=CCCC(C)(C)OC(=O)O. The minimum Gasteiger partial charge on any atom is -0.450 e. The predicted octanol–water partition coefficient (Wildman–Crippen LogP) is 3.21. The van der Waals surface area contributed by atoms with Crippen molar-refractivity contribution < 1.29 is 14.6 Å². The van der Waals surface area contributed by atoms with Gasteiger partial charge in [-0.3, -0.25) is 0 Å². The molecule has 0 bridgehead atoms. The second kappa shape index (κ2) is 4.90. The van der Waals surface area contributed by atoms with Crippen molar-refractivity contribution in [3.05, 3.63) is 11.6 Å². The molecule has 1 N–H and O–H groups in total. The Bertz CT molecular complexity index is 200. The van der Waals surface area contributed by atoms with Crippen molar-refractivity contribution in [1.29, 1.82) is 0 Å². The molecular weight excluding hydrogens is 168 g/mol. The lowest BCUT2D eigenvalue weighted by Gasteiger charge is -2.22. The van der Waals surface area contributed by atoms with Crippen LogP contribution in [0, 0.1) is 0 Å². The average molecular weight is 186 g/mol. The standard InChI is InChI=1S/C10H18O3/c1-8(2)6-5-7-10(3,4)13-9(11)12/h6H,5,7H2,1-4H3,(H,11,12). The van der Waals surface area contributed by atoms with Gasteiger partial charge in [0.15, 0.2) is 0 Å². The van der Waals surface area contributed by atoms with Crippen molar-refractivity contribution in [2.45, 2.75) is 46.1 Å². The lowest BCUT2D eigenvalue weighted by molar-refractivity contribution is -0.000353. The maximum Gasteiger partial charge on any atom is 0.506 e. The molecule has 3 nitrogen and oxygen atoms in total. The van der Waals surface area contributed by atoms with Crippen molar-refractivity contribution in [3.8, 4) is 0 Å². The van der Waals surface area contributed by atoms with E-state index in [1.54, 1.807) is 13.8 Å². The Morgan fingerprint density at radius 2 is 2.00 bits per heavy atom. The molecule has 0 aliphatic rings. The molecule has 0 fully saturated rings. The van der Waals surface area contributed by atoms with Crippen LogP contribution < -0.4 is 0 Å². The van der Waals surface area contributed by atoms with E-state index >= 15 is 0 Å². The molecule has 0 aromatic rings. The minimum absolute atomic E-state index is 0.586. The monoisotopic (exact) mass is 186 g/mol. The van der Waals surface area contributed by atoms with E-state index < -0.39 is 11.8 Å². The van der Waals surface area contributed by atoms with E-state index in [-0.39, 0.29) is 0 Å². The van der Waals surface area contributed by atoms with Crippen molar-refractivity contribution in [1.82, 2.24) is 0 Å². The van der Waals surface area contributed by atoms with Crippen molar-refractivity contribution in [3.63, 3.8) is 0 Å². The Labute approximate surface area is 79.4 Å². The van der Waals surface area contributed by atoms with Gasteiger partial charge in [0, 0.05) is 0 Å². The first-order valence-corrected chi connectivity index (χ1v) is 4.39. The van der Waals surface area contributed by atoms with Crippen LogP contribution in [0.4, 0.5) is 4.79 Å². The molecule has 0 saturated carbocycles. The van der Waals surface area contributed by atoms with E-state index in [2.05, 4.69) is 6.08 Å². The molecule has 0 rings (SSSR count). The molecule has 0 amide bonds. The molecule has 0 radical (unpaired) electrons. The molecule has 0 aromatic carbocycles. The minimum atomic E-state index is -1.21. The second-order valence-corrected chi connectivity index (χ2v) is 3.95. The van der Waals surface area contributed by atoms with Gasteiger partial charge in [0.25, 0.3) is 0 Å². The fourth-order valence-electron chi connectivity index (χ4n) is 0.996. The third-order valence-corrected chi connectivity index (χ3v) is 1.66. The predicted molar refractivity (Wildman–Crippen MR) is 51.9 cm³/mol. The summed E-state index contributed by atoms with van der Waals surface area (Å²) in [5, 5.41) is 8.42. The van der Waals surface area contributed by atoms with Gasteiger partial charge < -0.3 is 9.84 Å². The van der Waals surface area contributed by atoms with Gasteiger partial charge >= 0.3 is 6.16 Å². The zero-order valence-corrected chi connectivity index (χ0v) is 8.76. The first-order chi connectivity index (χ1) is 5.83. The highest BCUT2D eigenvalue weighted by atomic mass is 16.7. The summed E-state index contributed by atoms with van der Waals surface area (Å²) in [5.41, 5.74) is 0.656. The van der Waals surface area contributed by atoms with Crippen LogP contribution in [-0.2, 0) is 4.74 Å². The van der Waals surface area contributed by atoms with Crippen LogP contribution in [0.2, 0.25) is 0 Å². The molecule has 0 heterocycles. The fourth-order valence-corrected chi connectivity index (χ4v) is 0.996. The number of allylic oxidation sites excluding steroid dienone is 2. The van der Waals surface area contributed by atoms with Crippen molar-refractivity contribution in [2.24, 2.45) is 0 Å². The van der Waals surface area contributed by atoms with Gasteiger partial charge in [0.1, 0.15) is 5.60 Å². The average Bonchev–Trinajstić information content (AvgIpc) is 1.81. The molecule has 0 atom stereocenters. The summed E-state index contributed by atoms with van der Waals surface area (Å²) in [7, 11) is 0. The zero-order chi connectivity index (χ0) is 10.5. The smallest absolute Gasteiger partial charge is 0.450 e. The Hall–Kier alpha value is -0.990. The lowest BCUT2D eigenvalue weighted by Crippen LogP contribution is -2.26. The summed E-state index contributed by atoms with van der Waals surface area (Å²) < 4.78 is 4.71. The van der Waals surface area contributed by atoms with Gasteiger partial charge in [-0.25, -0.2) is 4.79 Å². The fraction of sp³-hybridized carbons (Fsp3) is 0.700. The van der Waals surface area contributed by atoms with Crippen molar-refractivity contribution in [2.75, 3.05) is 0 Å². The van der Waals surface area contributed by atoms with Gasteiger partial charge in [-0.1, -0.05) is 11.6 Å². The maximum atomic E-state index is 10.3. The summed E-state index contributed by atoms with van der Waals surface area (Å²) in [6.07, 6.45) is 2.43. The van der Waals surface area contributed by atoms with Gasteiger partial charge in [-0.05, 0) is 40.5 Å². The highest BCUT2D eigenvalue weighted by Gasteiger charge is 2.21. The van der Waals surface area contributed by atoms with Crippen LogP contribution in [0.3, 0.4) is 0 Å². The largest absolute Gasteiger partial charge is 0.506 e. The van der Waals surface area contributed by atoms with Crippen LogP contribution in [0.1, 0.15) is 40.5 Å². The molecule has 0 unspecified atom stereocenters. The van der Waals surface area contributed by atoms with E-state index in [4.69, 9.17) is 9.84 Å². The summed E-state index contributed by atoms with van der Waals surface area (Å²) in [6.45, 7) is 7.59. The summed E-state index contributed by atoms with van der Waals surface area (Å²) in [4.78, 5) is 10.3. The van der Waals surface area contributed by atoms with Gasteiger partial charge in [-0.2, -0.15) is 0 Å². The van der Waals surface area contributed by atoms with Crippen LogP contribution in [0.25, 0.3) is 0 Å². The number of hydrogen-bond donors (Lipinski definition) is 1. The second-order valence-electron chi connectivity index (χ2n) is 3.95. The molecule has 0 aliphatic heterocycles. The Balaban J connectivity index is 3.89. The third kappa shape index (κ3) is 7.37. The lowest BCUT2D eigenvalue weighted by atomic mass is 10.0. The van der Waals surface area contributed by atoms with E-state index in [1.165, 1.54) is 5.57 Å². The third-order valence-electron chi connectivity index (χ3n) is 1.66. The van der Waals surface area contributed by atoms with Crippen LogP contribution in [0.15, 0.2) is 11.6 Å². The summed E-state index contributed by atoms with van der Waals surface area (Å²) in [6, 6.07) is 0. The number of hydrogen-bond acceptors (Lipinski definition) is 2. The Morgan fingerprint density at radius 3 is 2.38 bits per heavy atom. The highest BCUT2D eigenvalue weighted by Crippen LogP contribution is 2.17. The molecule has 0 aliphatic carbocycles. The van der Waals surface area contributed by atoms with Gasteiger partial charge in [0.2, 0.25) is 0 Å². The quantitative estimate of drug-likeness (QED) is 0.541. The molecule has 76 valence electrons. The highest BCUT2D eigenvalue weighted by molar-refractivity contribution is 5.57. The number of rotatable bonds is 4. The van der Waals surface area contributed by atoms with Crippen LogP contribution in [-0.4, -0.2) is 16.9 Å². The number of carbonyl (C=O) groups is 1. The zero-order valence-electron chi connectivity index (χ0n) is 8.76. The maximum absolute atomic E-state index is 10.3. The van der Waals surface area contributed by atoms with Gasteiger partial charge in [0.05, 0.1) is 0 Å². The first-order valence-electron chi connectivity index (χ1n) is 4.39. The molecule has 0 saturated heterocycles. The van der Waals surface area contributed by atoms with E-state index in [1.807, 2.05) is 13.8 Å². The molecular formula is C10H18O3. The summed E-state index contributed by atoms with van der Waals surface area (Å²) in [5.74, 6) is 0. The molecule has 0 spiro atoms. The Morgan fingerprint density at radius 1 is 1.46 bits per heavy atom. The van der Waals surface area contributed by atoms with Crippen molar-refractivity contribution >= 4 is 6.16 Å². The van der Waals surface area contributed by atoms with E-state index in [9.17, 15) is 4.79 Å². The number of carboxylic acid groups (broad SMARTS) is 1. The summed E-state index contributed by atoms with van der Waals surface area (Å²) >= 11 is 0. The van der Waals surface area contributed by atoms with E-state index in [0.717, 1.165) is 6.42 Å². The first kappa shape index (κ1) is 12.0. The topological polar surface area (TPSA) is 46.5 Å². The molecule has 0 aromatic heterocycles. The molecule has 3 heteroatoms. The Kier molecular flexibility index (Phi) is 4.52. The molecule has 13 heavy (non-hydrogen) atoms. The normalized spacial score (nSPS) is 10.8. The van der Waals surface area contributed by atoms with Gasteiger partial charge in [-0.15, -0.1) is 0 Å².